The molecule has 6 nitrogen and oxygen atoms in total. The highest BCUT2D eigenvalue weighted by molar-refractivity contribution is 7.87. The van der Waals surface area contributed by atoms with Gasteiger partial charge in [0.15, 0.2) is 0 Å². The van der Waals surface area contributed by atoms with Crippen molar-refractivity contribution in [3.05, 3.63) is 52.8 Å². The van der Waals surface area contributed by atoms with Crippen LogP contribution in [-0.4, -0.2) is 21.4 Å². The summed E-state index contributed by atoms with van der Waals surface area (Å²) in [6.45, 7) is 0. The molecule has 0 spiro atoms. The maximum atomic E-state index is 14.5. The maximum absolute atomic E-state index is 14.5. The maximum Gasteiger partial charge on any atom is 0.339 e. The largest absolute Gasteiger partial charge is 0.744 e. The number of hydrogen-bond donors (Lipinski definition) is 0. The fourth-order valence-corrected chi connectivity index (χ4v) is 9.00. The Kier molecular flexibility index (Phi) is 8.69. The molecule has 0 N–H and O–H groups in total. The van der Waals surface area contributed by atoms with E-state index >= 15 is 0 Å². The SMILES string of the molecule is O=S(=O)([O-])c1ccc(OS(=O)(=O)c2c(C3CCCCC3)cc(C3CCCCC3)cc2C2CCCCC2)cc1F. The van der Waals surface area contributed by atoms with Gasteiger partial charge in [-0.3, -0.25) is 0 Å². The zero-order chi connectivity index (χ0) is 27.6. The first kappa shape index (κ1) is 28.6. The highest BCUT2D eigenvalue weighted by Gasteiger charge is 2.34. The van der Waals surface area contributed by atoms with Gasteiger partial charge in [0.05, 0.1) is 4.90 Å². The van der Waals surface area contributed by atoms with Gasteiger partial charge < -0.3 is 8.74 Å². The molecule has 3 saturated carbocycles. The molecule has 39 heavy (non-hydrogen) atoms. The minimum atomic E-state index is -5.03. The quantitative estimate of drug-likeness (QED) is 0.248. The van der Waals surface area contributed by atoms with Crippen molar-refractivity contribution in [1.29, 1.82) is 0 Å². The summed E-state index contributed by atoms with van der Waals surface area (Å²) in [4.78, 5) is -0.809. The lowest BCUT2D eigenvalue weighted by Gasteiger charge is -2.32. The molecule has 0 aliphatic heterocycles. The number of benzene rings is 2. The molecule has 0 atom stereocenters. The molecule has 3 aliphatic carbocycles. The lowest BCUT2D eigenvalue weighted by Crippen LogP contribution is -2.21. The second-order valence-corrected chi connectivity index (χ2v) is 14.4. The Labute approximate surface area is 232 Å². The number of halogens is 1. The average molecular weight is 578 g/mol. The van der Waals surface area contributed by atoms with E-state index in [4.69, 9.17) is 4.18 Å². The highest BCUT2D eigenvalue weighted by atomic mass is 32.2. The third-order valence-corrected chi connectivity index (χ3v) is 11.2. The third kappa shape index (κ3) is 6.51. The van der Waals surface area contributed by atoms with Crippen molar-refractivity contribution in [1.82, 2.24) is 0 Å². The van der Waals surface area contributed by atoms with Gasteiger partial charge in [0, 0.05) is 6.07 Å². The van der Waals surface area contributed by atoms with Gasteiger partial charge in [-0.2, -0.15) is 8.42 Å². The van der Waals surface area contributed by atoms with Gasteiger partial charge >= 0.3 is 10.1 Å². The van der Waals surface area contributed by atoms with E-state index in [-0.39, 0.29) is 22.5 Å². The van der Waals surface area contributed by atoms with Crippen molar-refractivity contribution in [3.8, 4) is 5.75 Å². The monoisotopic (exact) mass is 577 g/mol. The van der Waals surface area contributed by atoms with Crippen LogP contribution < -0.4 is 4.18 Å². The molecule has 0 bridgehead atoms. The summed E-state index contributed by atoms with van der Waals surface area (Å²) in [6, 6.07) is 6.71. The molecule has 0 heterocycles. The van der Waals surface area contributed by atoms with Crippen LogP contribution in [-0.2, 0) is 20.2 Å². The van der Waals surface area contributed by atoms with Gasteiger partial charge in [-0.1, -0.05) is 69.9 Å². The first-order valence-corrected chi connectivity index (χ1v) is 17.3. The molecule has 0 aromatic heterocycles. The van der Waals surface area contributed by atoms with Crippen molar-refractivity contribution in [2.24, 2.45) is 0 Å². The summed E-state index contributed by atoms with van der Waals surface area (Å²) in [6.07, 6.45) is 16.0. The van der Waals surface area contributed by atoms with E-state index in [0.717, 1.165) is 100 Å². The average Bonchev–Trinajstić information content (AvgIpc) is 2.93. The van der Waals surface area contributed by atoms with Crippen LogP contribution >= 0.6 is 0 Å². The minimum Gasteiger partial charge on any atom is -0.744 e. The van der Waals surface area contributed by atoms with Crippen LogP contribution in [0.3, 0.4) is 0 Å². The minimum absolute atomic E-state index is 0.114. The lowest BCUT2D eigenvalue weighted by molar-refractivity contribution is 0.414. The van der Waals surface area contributed by atoms with E-state index in [1.165, 1.54) is 24.8 Å². The summed E-state index contributed by atoms with van der Waals surface area (Å²) in [7, 11) is -9.41. The molecule has 0 radical (unpaired) electrons. The van der Waals surface area contributed by atoms with E-state index in [0.29, 0.717) is 12.0 Å². The topological polar surface area (TPSA) is 101 Å². The van der Waals surface area contributed by atoms with Crippen LogP contribution in [0.5, 0.6) is 5.75 Å². The zero-order valence-electron chi connectivity index (χ0n) is 22.4. The van der Waals surface area contributed by atoms with E-state index in [2.05, 4.69) is 12.1 Å². The fraction of sp³-hybridized carbons (Fsp3) is 0.600. The Morgan fingerprint density at radius 3 is 1.56 bits per heavy atom. The van der Waals surface area contributed by atoms with E-state index in [1.54, 1.807) is 0 Å². The van der Waals surface area contributed by atoms with Gasteiger partial charge in [-0.15, -0.1) is 0 Å². The molecule has 0 amide bonds. The predicted molar refractivity (Wildman–Crippen MR) is 146 cm³/mol. The van der Waals surface area contributed by atoms with Crippen LogP contribution in [0.25, 0.3) is 0 Å². The Hall–Kier alpha value is -1.97. The molecule has 5 rings (SSSR count). The molecular weight excluding hydrogens is 539 g/mol. The second kappa shape index (κ2) is 11.9. The van der Waals surface area contributed by atoms with Gasteiger partial charge in [0.2, 0.25) is 0 Å². The van der Waals surface area contributed by atoms with Crippen LogP contribution in [0.4, 0.5) is 4.39 Å². The lowest BCUT2D eigenvalue weighted by atomic mass is 9.76. The van der Waals surface area contributed by atoms with E-state index < -0.39 is 30.9 Å². The van der Waals surface area contributed by atoms with E-state index in [1.807, 2.05) is 0 Å². The molecule has 0 saturated heterocycles. The summed E-state index contributed by atoms with van der Waals surface area (Å²) in [5.74, 6) is -1.02. The van der Waals surface area contributed by atoms with Gasteiger partial charge in [0.25, 0.3) is 0 Å². The first-order chi connectivity index (χ1) is 18.6. The fourth-order valence-electron chi connectivity index (χ4n) is 7.00. The van der Waals surface area contributed by atoms with Crippen molar-refractivity contribution < 1.29 is 30.0 Å². The second-order valence-electron chi connectivity index (χ2n) is 11.6. The number of hydrogen-bond acceptors (Lipinski definition) is 6. The molecule has 0 unspecified atom stereocenters. The molecule has 9 heteroatoms. The third-order valence-electron chi connectivity index (χ3n) is 8.96. The molecule has 214 valence electrons. The molecule has 3 aliphatic rings. The highest BCUT2D eigenvalue weighted by Crippen LogP contribution is 2.46. The number of rotatable bonds is 7. The van der Waals surface area contributed by atoms with Gasteiger partial charge in [0.1, 0.15) is 26.6 Å². The summed E-state index contributed by atoms with van der Waals surface area (Å²) >= 11 is 0. The predicted octanol–water partition coefficient (Wildman–Crippen LogP) is 7.64. The van der Waals surface area contributed by atoms with Gasteiger partial charge in [-0.05, 0) is 85.1 Å². The summed E-state index contributed by atoms with van der Waals surface area (Å²) in [5.41, 5.74) is 2.90. The Balaban J connectivity index is 1.63. The van der Waals surface area contributed by atoms with Crippen molar-refractivity contribution in [2.45, 2.75) is 124 Å². The van der Waals surface area contributed by atoms with Crippen molar-refractivity contribution in [3.63, 3.8) is 0 Å². The van der Waals surface area contributed by atoms with Crippen molar-refractivity contribution >= 4 is 20.2 Å². The molecule has 3 fully saturated rings. The van der Waals surface area contributed by atoms with E-state index in [9.17, 15) is 25.8 Å². The summed E-state index contributed by atoms with van der Waals surface area (Å²) < 4.78 is 82.1. The Bertz CT molecular complexity index is 1350. The van der Waals surface area contributed by atoms with Crippen LogP contribution in [0.2, 0.25) is 0 Å². The Morgan fingerprint density at radius 1 is 0.667 bits per heavy atom. The summed E-state index contributed by atoms with van der Waals surface area (Å²) in [5, 5.41) is 0. The standard InChI is InChI=1S/C30H39FO6S2/c31-28-20-25(16-17-29(28)38(32,33)34)37-39(35,36)30-26(22-12-6-2-7-13-22)18-24(21-10-4-1-5-11-21)19-27(30)23-14-8-3-9-15-23/h16-23H,1-15H2,(H,32,33,34)/p-1. The normalized spacial score (nSPS) is 20.7. The smallest absolute Gasteiger partial charge is 0.339 e. The zero-order valence-corrected chi connectivity index (χ0v) is 24.0. The van der Waals surface area contributed by atoms with Crippen LogP contribution in [0.1, 0.15) is 131 Å². The molecule has 2 aromatic rings. The van der Waals surface area contributed by atoms with Crippen LogP contribution in [0.15, 0.2) is 40.1 Å². The molecular formula is C30H38FO6S2-. The van der Waals surface area contributed by atoms with Crippen molar-refractivity contribution in [2.75, 3.05) is 0 Å². The first-order valence-electron chi connectivity index (χ1n) is 14.5. The Morgan fingerprint density at radius 2 is 1.13 bits per heavy atom. The van der Waals surface area contributed by atoms with Gasteiger partial charge in [-0.25, -0.2) is 12.8 Å². The molecule has 2 aromatic carbocycles. The van der Waals surface area contributed by atoms with Crippen LogP contribution in [0, 0.1) is 5.82 Å².